The molecule has 1 aromatic heterocycles. The molecule has 1 saturated carbocycles. The highest BCUT2D eigenvalue weighted by molar-refractivity contribution is 5.98. The summed E-state index contributed by atoms with van der Waals surface area (Å²) in [7, 11) is 0. The van der Waals surface area contributed by atoms with Crippen LogP contribution in [0, 0.1) is 5.92 Å². The zero-order valence-corrected chi connectivity index (χ0v) is 11.4. The summed E-state index contributed by atoms with van der Waals surface area (Å²) in [6.45, 7) is 2.34. The summed E-state index contributed by atoms with van der Waals surface area (Å²) >= 11 is 0. The van der Waals surface area contributed by atoms with Crippen molar-refractivity contribution in [3.8, 4) is 0 Å². The fourth-order valence-corrected chi connectivity index (χ4v) is 3.04. The Morgan fingerprint density at radius 3 is 2.89 bits per heavy atom. The Morgan fingerprint density at radius 2 is 2.05 bits per heavy atom. The lowest BCUT2D eigenvalue weighted by Crippen LogP contribution is -2.30. The van der Waals surface area contributed by atoms with E-state index in [2.05, 4.69) is 23.3 Å². The Hall–Kier alpha value is -1.77. The highest BCUT2D eigenvalue weighted by atomic mass is 14.9. The van der Waals surface area contributed by atoms with E-state index in [1.54, 1.807) is 0 Å². The first-order chi connectivity index (χ1) is 9.25. The normalized spacial score (nSPS) is 23.4. The highest BCUT2D eigenvalue weighted by Gasteiger charge is 2.21. The average molecular weight is 255 g/mol. The Morgan fingerprint density at radius 1 is 1.21 bits per heavy atom. The van der Waals surface area contributed by atoms with E-state index in [-0.39, 0.29) is 0 Å². The van der Waals surface area contributed by atoms with Gasteiger partial charge in [-0.2, -0.15) is 0 Å². The summed E-state index contributed by atoms with van der Waals surface area (Å²) < 4.78 is 0. The third-order valence-electron chi connectivity index (χ3n) is 4.26. The molecule has 2 aromatic rings. The molecule has 0 bridgehead atoms. The lowest BCUT2D eigenvalue weighted by molar-refractivity contribution is 0.350. The average Bonchev–Trinajstić information content (AvgIpc) is 2.44. The fraction of sp³-hybridized carbons (Fsp3) is 0.438. The molecule has 0 spiro atoms. The molecule has 0 radical (unpaired) electrons. The number of aromatic nitrogens is 1. The molecule has 0 saturated heterocycles. The van der Waals surface area contributed by atoms with Crippen molar-refractivity contribution in [2.24, 2.45) is 5.92 Å². The smallest absolute Gasteiger partial charge is 0.0953 e. The molecule has 3 nitrogen and oxygen atoms in total. The molecule has 3 rings (SSSR count). The number of nitrogens with two attached hydrogens (primary N) is 1. The molecule has 0 aliphatic heterocycles. The third-order valence-corrected chi connectivity index (χ3v) is 4.26. The molecule has 100 valence electrons. The van der Waals surface area contributed by atoms with E-state index in [0.717, 1.165) is 28.2 Å². The van der Waals surface area contributed by atoms with Gasteiger partial charge >= 0.3 is 0 Å². The van der Waals surface area contributed by atoms with Crippen LogP contribution in [0.4, 0.5) is 11.4 Å². The molecule has 2 unspecified atom stereocenters. The lowest BCUT2D eigenvalue weighted by Gasteiger charge is -2.30. The number of anilines is 2. The van der Waals surface area contributed by atoms with Gasteiger partial charge in [0.05, 0.1) is 11.2 Å². The number of nitrogen functional groups attached to an aromatic ring is 1. The maximum Gasteiger partial charge on any atom is 0.0953 e. The summed E-state index contributed by atoms with van der Waals surface area (Å²) in [6.07, 6.45) is 7.08. The van der Waals surface area contributed by atoms with Gasteiger partial charge < -0.3 is 11.1 Å². The first kappa shape index (κ1) is 12.3. The minimum absolute atomic E-state index is 0.558. The molecule has 0 amide bonds. The van der Waals surface area contributed by atoms with Crippen LogP contribution in [0.25, 0.3) is 10.9 Å². The van der Waals surface area contributed by atoms with Crippen molar-refractivity contribution in [1.82, 2.24) is 4.98 Å². The zero-order valence-electron chi connectivity index (χ0n) is 11.4. The molecule has 1 fully saturated rings. The van der Waals surface area contributed by atoms with Gasteiger partial charge in [-0.15, -0.1) is 0 Å². The van der Waals surface area contributed by atoms with Crippen LogP contribution < -0.4 is 11.1 Å². The summed E-state index contributed by atoms with van der Waals surface area (Å²) in [5, 5.41) is 4.72. The first-order valence-electron chi connectivity index (χ1n) is 7.15. The molecule has 19 heavy (non-hydrogen) atoms. The summed E-state index contributed by atoms with van der Waals surface area (Å²) in [5.74, 6) is 0.727. The Balaban J connectivity index is 1.94. The second-order valence-corrected chi connectivity index (χ2v) is 5.61. The van der Waals surface area contributed by atoms with Gasteiger partial charge in [-0.3, -0.25) is 4.98 Å². The Kier molecular flexibility index (Phi) is 3.28. The summed E-state index contributed by atoms with van der Waals surface area (Å²) in [5.41, 5.74) is 8.92. The van der Waals surface area contributed by atoms with E-state index in [1.807, 2.05) is 24.4 Å². The van der Waals surface area contributed by atoms with Crippen LogP contribution in [0.15, 0.2) is 30.5 Å². The number of nitrogens with zero attached hydrogens (tertiary/aromatic N) is 1. The second kappa shape index (κ2) is 5.08. The Bertz CT molecular complexity index is 579. The number of pyridine rings is 1. The van der Waals surface area contributed by atoms with Crippen LogP contribution >= 0.6 is 0 Å². The number of nitrogens with one attached hydrogen (secondary N) is 1. The maximum atomic E-state index is 6.02. The molecular weight excluding hydrogens is 234 g/mol. The zero-order chi connectivity index (χ0) is 13.2. The monoisotopic (exact) mass is 255 g/mol. The molecule has 1 aromatic carbocycles. The molecule has 3 N–H and O–H groups in total. The van der Waals surface area contributed by atoms with Gasteiger partial charge in [-0.1, -0.05) is 19.8 Å². The number of hydrogen-bond donors (Lipinski definition) is 2. The van der Waals surface area contributed by atoms with Gasteiger partial charge in [0, 0.05) is 23.3 Å². The predicted molar refractivity (Wildman–Crippen MR) is 81.2 cm³/mol. The van der Waals surface area contributed by atoms with Crippen LogP contribution in [-0.2, 0) is 0 Å². The van der Waals surface area contributed by atoms with Gasteiger partial charge in [0.2, 0.25) is 0 Å². The van der Waals surface area contributed by atoms with E-state index in [1.165, 1.54) is 25.7 Å². The van der Waals surface area contributed by atoms with Crippen molar-refractivity contribution < 1.29 is 0 Å². The van der Waals surface area contributed by atoms with E-state index < -0.39 is 0 Å². The van der Waals surface area contributed by atoms with Crippen LogP contribution in [0.3, 0.4) is 0 Å². The van der Waals surface area contributed by atoms with E-state index in [4.69, 9.17) is 5.73 Å². The van der Waals surface area contributed by atoms with Crippen LogP contribution in [0.5, 0.6) is 0 Å². The van der Waals surface area contributed by atoms with E-state index in [0.29, 0.717) is 6.04 Å². The fourth-order valence-electron chi connectivity index (χ4n) is 3.04. The van der Waals surface area contributed by atoms with Gasteiger partial charge in [-0.05, 0) is 43.0 Å². The van der Waals surface area contributed by atoms with Gasteiger partial charge in [0.1, 0.15) is 0 Å². The number of rotatable bonds is 2. The molecule has 1 heterocycles. The predicted octanol–water partition coefficient (Wildman–Crippen LogP) is 3.81. The molecule has 1 aliphatic rings. The minimum Gasteiger partial charge on any atom is -0.398 e. The number of fused-ring (bicyclic) bond motifs is 1. The van der Waals surface area contributed by atoms with Crippen molar-refractivity contribution in [1.29, 1.82) is 0 Å². The number of hydrogen-bond acceptors (Lipinski definition) is 3. The molecule has 2 atom stereocenters. The number of benzene rings is 1. The molecule has 3 heteroatoms. The van der Waals surface area contributed by atoms with Crippen molar-refractivity contribution in [2.45, 2.75) is 38.6 Å². The van der Waals surface area contributed by atoms with Crippen molar-refractivity contribution >= 4 is 22.3 Å². The standard InChI is InChI=1S/C16H21N3/c1-11-5-2-3-7-14(11)19-15-9-8-13(17)12-6-4-10-18-16(12)15/h4,6,8-11,14,19H,2-3,5,7,17H2,1H3. The van der Waals surface area contributed by atoms with E-state index in [9.17, 15) is 0 Å². The van der Waals surface area contributed by atoms with E-state index >= 15 is 0 Å². The molecule has 1 aliphatic carbocycles. The van der Waals surface area contributed by atoms with Crippen molar-refractivity contribution in [3.63, 3.8) is 0 Å². The topological polar surface area (TPSA) is 50.9 Å². The lowest BCUT2D eigenvalue weighted by atomic mass is 9.86. The van der Waals surface area contributed by atoms with Gasteiger partial charge in [0.25, 0.3) is 0 Å². The van der Waals surface area contributed by atoms with Crippen molar-refractivity contribution in [3.05, 3.63) is 30.5 Å². The maximum absolute atomic E-state index is 6.02. The highest BCUT2D eigenvalue weighted by Crippen LogP contribution is 2.31. The van der Waals surface area contributed by atoms with Crippen LogP contribution in [0.1, 0.15) is 32.6 Å². The van der Waals surface area contributed by atoms with Crippen LogP contribution in [-0.4, -0.2) is 11.0 Å². The second-order valence-electron chi connectivity index (χ2n) is 5.61. The minimum atomic E-state index is 0.558. The summed E-state index contributed by atoms with van der Waals surface area (Å²) in [6, 6.07) is 8.56. The Labute approximate surface area is 114 Å². The largest absolute Gasteiger partial charge is 0.398 e. The van der Waals surface area contributed by atoms with Gasteiger partial charge in [0.15, 0.2) is 0 Å². The SMILES string of the molecule is CC1CCCCC1Nc1ccc(N)c2cccnc12. The van der Waals surface area contributed by atoms with Crippen LogP contribution in [0.2, 0.25) is 0 Å². The van der Waals surface area contributed by atoms with Crippen molar-refractivity contribution in [2.75, 3.05) is 11.1 Å². The molecular formula is C16H21N3. The first-order valence-corrected chi connectivity index (χ1v) is 7.15. The summed E-state index contributed by atoms with van der Waals surface area (Å²) in [4.78, 5) is 4.49. The quantitative estimate of drug-likeness (QED) is 0.802. The third kappa shape index (κ3) is 2.37. The van der Waals surface area contributed by atoms with Gasteiger partial charge in [-0.25, -0.2) is 0 Å².